The SMILES string of the molecule is C=C(C)C(C)(C)CC[C@@H](C)[C@@H]1CC[C@@]2(C)[C@H]3CC[C@H]4C(C)(C)[C@H](OC)CC[C@@]4(C)C3=CC[C@@]12C. The number of hydrogen-bond donors (Lipinski definition) is 0. The smallest absolute Gasteiger partial charge is 0.0625 e. The zero-order chi connectivity index (χ0) is 25.3. The number of hydrogen-bond acceptors (Lipinski definition) is 1. The lowest BCUT2D eigenvalue weighted by Gasteiger charge is -2.64. The van der Waals surface area contributed by atoms with E-state index in [-0.39, 0.29) is 10.8 Å². The van der Waals surface area contributed by atoms with Crippen molar-refractivity contribution in [3.05, 3.63) is 23.8 Å². The number of rotatable bonds is 6. The highest BCUT2D eigenvalue weighted by Crippen LogP contribution is 2.73. The van der Waals surface area contributed by atoms with Gasteiger partial charge in [0.25, 0.3) is 0 Å². The minimum atomic E-state index is 0.261. The van der Waals surface area contributed by atoms with Crippen molar-refractivity contribution in [2.45, 2.75) is 126 Å². The molecule has 0 aromatic rings. The van der Waals surface area contributed by atoms with Crippen LogP contribution in [0.5, 0.6) is 0 Å². The molecule has 0 aromatic heterocycles. The van der Waals surface area contributed by atoms with Gasteiger partial charge in [-0.15, -0.1) is 0 Å². The predicted molar refractivity (Wildman–Crippen MR) is 147 cm³/mol. The van der Waals surface area contributed by atoms with Crippen LogP contribution in [0.15, 0.2) is 23.8 Å². The summed E-state index contributed by atoms with van der Waals surface area (Å²) < 4.78 is 6.02. The van der Waals surface area contributed by atoms with Gasteiger partial charge in [0.05, 0.1) is 6.10 Å². The van der Waals surface area contributed by atoms with Crippen LogP contribution in [0.2, 0.25) is 0 Å². The Hall–Kier alpha value is -0.560. The first-order valence-electron chi connectivity index (χ1n) is 14.5. The van der Waals surface area contributed by atoms with Gasteiger partial charge in [-0.25, -0.2) is 0 Å². The van der Waals surface area contributed by atoms with Gasteiger partial charge in [0.2, 0.25) is 0 Å². The summed E-state index contributed by atoms with van der Waals surface area (Å²) in [5.74, 6) is 3.17. The van der Waals surface area contributed by atoms with Crippen LogP contribution >= 0.6 is 0 Å². The third-order valence-corrected chi connectivity index (χ3v) is 13.2. The summed E-state index contributed by atoms with van der Waals surface area (Å²) >= 11 is 0. The summed E-state index contributed by atoms with van der Waals surface area (Å²) in [5, 5.41) is 0. The molecule has 3 fully saturated rings. The van der Waals surface area contributed by atoms with Crippen molar-refractivity contribution in [3.63, 3.8) is 0 Å². The average Bonchev–Trinajstić information content (AvgIpc) is 3.03. The second kappa shape index (κ2) is 8.49. The molecule has 194 valence electrons. The molecular formula is C33H56O. The standard InChI is InChI=1S/C33H56O/c1-22(2)29(4,5)18-14-23(3)24-15-20-33(10)26-12-13-27-30(6,7)28(34-11)17-19-31(27,8)25(26)16-21-32(24,33)9/h16,23-24,26-28H,1,12-15,17-21H2,2-11H3/t23-,24+,26+,27+,28-,31+,32+,33+/m1/s1. The maximum Gasteiger partial charge on any atom is 0.0625 e. The number of ether oxygens (including phenoxy) is 1. The monoisotopic (exact) mass is 468 g/mol. The van der Waals surface area contributed by atoms with Crippen LogP contribution in [0, 0.1) is 50.7 Å². The third kappa shape index (κ3) is 3.64. The lowest BCUT2D eigenvalue weighted by atomic mass is 9.41. The summed E-state index contributed by atoms with van der Waals surface area (Å²) in [6.07, 6.45) is 15.3. The first-order valence-corrected chi connectivity index (χ1v) is 14.5. The van der Waals surface area contributed by atoms with Crippen molar-refractivity contribution in [1.82, 2.24) is 0 Å². The molecule has 1 nitrogen and oxygen atoms in total. The van der Waals surface area contributed by atoms with E-state index in [1.165, 1.54) is 63.4 Å². The van der Waals surface area contributed by atoms with Gasteiger partial charge >= 0.3 is 0 Å². The molecule has 0 N–H and O–H groups in total. The van der Waals surface area contributed by atoms with Crippen LogP contribution in [0.1, 0.15) is 120 Å². The van der Waals surface area contributed by atoms with E-state index in [2.05, 4.69) is 75.0 Å². The van der Waals surface area contributed by atoms with Gasteiger partial charge < -0.3 is 4.74 Å². The molecule has 0 amide bonds. The van der Waals surface area contributed by atoms with Crippen molar-refractivity contribution in [3.8, 4) is 0 Å². The Labute approximate surface area is 212 Å². The second-order valence-electron chi connectivity index (χ2n) is 15.2. The highest BCUT2D eigenvalue weighted by molar-refractivity contribution is 5.32. The quantitative estimate of drug-likeness (QED) is 0.352. The van der Waals surface area contributed by atoms with Crippen molar-refractivity contribution in [2.75, 3.05) is 7.11 Å². The number of fused-ring (bicyclic) bond motifs is 5. The topological polar surface area (TPSA) is 9.23 Å². The fourth-order valence-corrected chi connectivity index (χ4v) is 10.1. The van der Waals surface area contributed by atoms with Crippen LogP contribution < -0.4 is 0 Å². The highest BCUT2D eigenvalue weighted by Gasteiger charge is 2.65. The molecule has 4 aliphatic rings. The number of allylic oxidation sites excluding steroid dienone is 3. The Kier molecular flexibility index (Phi) is 6.62. The normalized spacial score (nSPS) is 44.5. The van der Waals surface area contributed by atoms with Gasteiger partial charge in [-0.2, -0.15) is 0 Å². The Morgan fingerprint density at radius 3 is 2.35 bits per heavy atom. The van der Waals surface area contributed by atoms with Gasteiger partial charge in [-0.05, 0) is 115 Å². The second-order valence-corrected chi connectivity index (χ2v) is 15.2. The van der Waals surface area contributed by atoms with Gasteiger partial charge in [0, 0.05) is 7.11 Å². The van der Waals surface area contributed by atoms with E-state index in [0.717, 1.165) is 23.7 Å². The third-order valence-electron chi connectivity index (χ3n) is 13.2. The first kappa shape index (κ1) is 26.5. The molecule has 0 heterocycles. The molecule has 0 bridgehead atoms. The van der Waals surface area contributed by atoms with Gasteiger partial charge in [0.15, 0.2) is 0 Å². The van der Waals surface area contributed by atoms with E-state index >= 15 is 0 Å². The number of methoxy groups -OCH3 is 1. The lowest BCUT2D eigenvalue weighted by molar-refractivity contribution is -0.130. The van der Waals surface area contributed by atoms with Crippen LogP contribution in [0.3, 0.4) is 0 Å². The zero-order valence-electron chi connectivity index (χ0n) is 24.4. The fraction of sp³-hybridized carbons (Fsp3) is 0.879. The van der Waals surface area contributed by atoms with Crippen molar-refractivity contribution >= 4 is 0 Å². The van der Waals surface area contributed by atoms with Crippen LogP contribution in [0.25, 0.3) is 0 Å². The minimum Gasteiger partial charge on any atom is -0.381 e. The largest absolute Gasteiger partial charge is 0.381 e. The summed E-state index contributed by atoms with van der Waals surface area (Å²) in [6, 6.07) is 0. The summed E-state index contributed by atoms with van der Waals surface area (Å²) in [7, 11) is 1.93. The zero-order valence-corrected chi connectivity index (χ0v) is 24.4. The highest BCUT2D eigenvalue weighted by atomic mass is 16.5. The van der Waals surface area contributed by atoms with Crippen LogP contribution in [-0.2, 0) is 4.74 Å². The first-order chi connectivity index (χ1) is 15.6. The Morgan fingerprint density at radius 1 is 1.06 bits per heavy atom. The molecule has 4 aliphatic carbocycles. The predicted octanol–water partition coefficient (Wildman–Crippen LogP) is 9.63. The van der Waals surface area contributed by atoms with E-state index < -0.39 is 0 Å². The summed E-state index contributed by atoms with van der Waals surface area (Å²) in [4.78, 5) is 0. The van der Waals surface area contributed by atoms with E-state index in [4.69, 9.17) is 4.74 Å². The van der Waals surface area contributed by atoms with Crippen molar-refractivity contribution < 1.29 is 4.74 Å². The maximum atomic E-state index is 6.02. The van der Waals surface area contributed by atoms with Gasteiger partial charge in [0.1, 0.15) is 0 Å². The Bertz CT molecular complexity index is 831. The molecule has 0 unspecified atom stereocenters. The molecule has 0 spiro atoms. The molecule has 0 saturated heterocycles. The molecule has 1 heteroatoms. The fourth-order valence-electron chi connectivity index (χ4n) is 10.1. The van der Waals surface area contributed by atoms with Gasteiger partial charge in [-0.3, -0.25) is 0 Å². The van der Waals surface area contributed by atoms with Gasteiger partial charge in [-0.1, -0.05) is 79.2 Å². The lowest BCUT2D eigenvalue weighted by Crippen LogP contribution is -2.58. The van der Waals surface area contributed by atoms with E-state index in [1.54, 1.807) is 0 Å². The van der Waals surface area contributed by atoms with E-state index in [1.807, 2.05) is 12.7 Å². The summed E-state index contributed by atoms with van der Waals surface area (Å²) in [5.41, 5.74) is 4.98. The summed E-state index contributed by atoms with van der Waals surface area (Å²) in [6.45, 7) is 26.9. The molecule has 0 radical (unpaired) electrons. The molecule has 0 aliphatic heterocycles. The average molecular weight is 469 g/mol. The molecular weight excluding hydrogens is 412 g/mol. The molecule has 34 heavy (non-hydrogen) atoms. The van der Waals surface area contributed by atoms with Crippen molar-refractivity contribution in [1.29, 1.82) is 0 Å². The Balaban J connectivity index is 1.60. The minimum absolute atomic E-state index is 0.261. The molecule has 8 atom stereocenters. The Morgan fingerprint density at radius 2 is 1.74 bits per heavy atom. The molecule has 4 rings (SSSR count). The molecule has 3 saturated carbocycles. The van der Waals surface area contributed by atoms with E-state index in [9.17, 15) is 0 Å². The van der Waals surface area contributed by atoms with Crippen LogP contribution in [-0.4, -0.2) is 13.2 Å². The molecule has 0 aromatic carbocycles. The van der Waals surface area contributed by atoms with Crippen molar-refractivity contribution in [2.24, 2.45) is 50.7 Å². The van der Waals surface area contributed by atoms with Crippen LogP contribution in [0.4, 0.5) is 0 Å². The maximum absolute atomic E-state index is 6.02. The van der Waals surface area contributed by atoms with E-state index in [0.29, 0.717) is 22.3 Å².